The minimum atomic E-state index is -0.235. The molecule has 0 N–H and O–H groups in total. The van der Waals surface area contributed by atoms with E-state index in [4.69, 9.17) is 0 Å². The number of aromatic nitrogens is 1. The van der Waals surface area contributed by atoms with E-state index < -0.39 is 0 Å². The number of para-hydroxylation sites is 2. The zero-order valence-electron chi connectivity index (χ0n) is 31.4. The van der Waals surface area contributed by atoms with Crippen molar-refractivity contribution in [2.24, 2.45) is 0 Å². The van der Waals surface area contributed by atoms with Gasteiger partial charge in [0.2, 0.25) is 0 Å². The molecule has 274 valence electrons. The lowest BCUT2D eigenvalue weighted by molar-refractivity contribution is 0.629. The number of nitrogens with zero attached hydrogens (tertiary/aromatic N) is 2. The first-order chi connectivity index (χ1) is 28.7. The Hall–Kier alpha value is -7.27. The number of anilines is 3. The fourth-order valence-electron chi connectivity index (χ4n) is 8.55. The van der Waals surface area contributed by atoms with Gasteiger partial charge in [-0.1, -0.05) is 140 Å². The van der Waals surface area contributed by atoms with Gasteiger partial charge in [-0.3, -0.25) is 0 Å². The van der Waals surface area contributed by atoms with Crippen LogP contribution in [0.1, 0.15) is 0 Å². The summed E-state index contributed by atoms with van der Waals surface area (Å²) in [5, 5.41) is 4.54. The molecule has 11 aromatic rings. The van der Waals surface area contributed by atoms with Gasteiger partial charge in [0.15, 0.2) is 0 Å². The van der Waals surface area contributed by atoms with Crippen molar-refractivity contribution in [3.05, 3.63) is 218 Å². The Kier molecular flexibility index (Phi) is 8.23. The lowest BCUT2D eigenvalue weighted by atomic mass is 10.0. The molecule has 58 heavy (non-hydrogen) atoms. The van der Waals surface area contributed by atoms with Crippen molar-refractivity contribution in [2.75, 3.05) is 4.90 Å². The molecule has 0 saturated heterocycles. The van der Waals surface area contributed by atoms with Gasteiger partial charge >= 0.3 is 0 Å². The van der Waals surface area contributed by atoms with Crippen LogP contribution in [0.15, 0.2) is 212 Å². The van der Waals surface area contributed by atoms with E-state index in [9.17, 15) is 4.39 Å². The van der Waals surface area contributed by atoms with Gasteiger partial charge in [0.1, 0.15) is 5.82 Å². The van der Waals surface area contributed by atoms with Crippen LogP contribution in [0, 0.1) is 5.82 Å². The van der Waals surface area contributed by atoms with E-state index in [1.165, 1.54) is 42.4 Å². The predicted octanol–water partition coefficient (Wildman–Crippen LogP) is 15.8. The van der Waals surface area contributed by atoms with E-state index >= 15 is 0 Å². The first kappa shape index (κ1) is 34.0. The average Bonchev–Trinajstić information content (AvgIpc) is 3.83. The lowest BCUT2D eigenvalue weighted by Crippen LogP contribution is -2.09. The van der Waals surface area contributed by atoms with Gasteiger partial charge in [0.25, 0.3) is 0 Å². The van der Waals surface area contributed by atoms with Crippen molar-refractivity contribution in [2.45, 2.75) is 0 Å². The van der Waals surface area contributed by atoms with E-state index in [0.29, 0.717) is 0 Å². The molecule has 0 bridgehead atoms. The second-order valence-electron chi connectivity index (χ2n) is 14.7. The summed E-state index contributed by atoms with van der Waals surface area (Å²) in [6, 6.07) is 74.3. The maximum Gasteiger partial charge on any atom is 0.123 e. The first-order valence-corrected chi connectivity index (χ1v) is 20.3. The summed E-state index contributed by atoms with van der Waals surface area (Å²) in [6.07, 6.45) is 0. The number of benzene rings is 9. The van der Waals surface area contributed by atoms with Crippen LogP contribution in [-0.2, 0) is 0 Å². The monoisotopic (exact) mass is 762 g/mol. The molecule has 0 amide bonds. The zero-order chi connectivity index (χ0) is 38.6. The molecular weight excluding hydrogens is 728 g/mol. The molecule has 4 heteroatoms. The zero-order valence-corrected chi connectivity index (χ0v) is 32.2. The van der Waals surface area contributed by atoms with Crippen LogP contribution < -0.4 is 4.90 Å². The summed E-state index contributed by atoms with van der Waals surface area (Å²) in [6.45, 7) is 0. The SMILES string of the molecule is Fc1ccc2c(c1)c1ccccc1n2-c1ccccc1-c1ccc(N(c2ccc(-c3ccccc3)cc2)c2ccc(-c3cccc4c3sc3ccccc34)cc2)cc1. The maximum absolute atomic E-state index is 14.5. The van der Waals surface area contributed by atoms with Gasteiger partial charge in [-0.25, -0.2) is 4.39 Å². The molecule has 0 saturated carbocycles. The normalized spacial score (nSPS) is 11.5. The van der Waals surface area contributed by atoms with Crippen LogP contribution >= 0.6 is 11.3 Å². The molecule has 0 aliphatic carbocycles. The number of thiophene rings is 1. The smallest absolute Gasteiger partial charge is 0.123 e. The van der Waals surface area contributed by atoms with Gasteiger partial charge < -0.3 is 9.47 Å². The Balaban J connectivity index is 1.00. The summed E-state index contributed by atoms with van der Waals surface area (Å²) < 4.78 is 19.4. The molecule has 0 aliphatic heterocycles. The third-order valence-electron chi connectivity index (χ3n) is 11.3. The third kappa shape index (κ3) is 5.77. The highest BCUT2D eigenvalue weighted by molar-refractivity contribution is 7.26. The number of hydrogen-bond acceptors (Lipinski definition) is 2. The fourth-order valence-corrected chi connectivity index (χ4v) is 9.79. The Bertz CT molecular complexity index is 3270. The third-order valence-corrected chi connectivity index (χ3v) is 12.5. The number of hydrogen-bond donors (Lipinski definition) is 0. The number of rotatable bonds is 7. The van der Waals surface area contributed by atoms with Crippen molar-refractivity contribution < 1.29 is 4.39 Å². The van der Waals surface area contributed by atoms with Gasteiger partial charge in [0.05, 0.1) is 16.7 Å². The Labute approximate surface area is 339 Å². The van der Waals surface area contributed by atoms with Crippen molar-refractivity contribution >= 4 is 70.4 Å². The molecule has 0 fully saturated rings. The molecule has 2 heterocycles. The molecule has 2 aromatic heterocycles. The van der Waals surface area contributed by atoms with Crippen molar-refractivity contribution in [3.63, 3.8) is 0 Å². The summed E-state index contributed by atoms with van der Waals surface area (Å²) in [4.78, 5) is 2.33. The van der Waals surface area contributed by atoms with Gasteiger partial charge in [-0.2, -0.15) is 0 Å². The van der Waals surface area contributed by atoms with Crippen LogP contribution in [0.25, 0.3) is 81.0 Å². The highest BCUT2D eigenvalue weighted by Crippen LogP contribution is 2.43. The van der Waals surface area contributed by atoms with Gasteiger partial charge in [-0.05, 0) is 101 Å². The average molecular weight is 763 g/mol. The van der Waals surface area contributed by atoms with E-state index in [-0.39, 0.29) is 5.82 Å². The van der Waals surface area contributed by atoms with Crippen molar-refractivity contribution in [1.82, 2.24) is 4.57 Å². The maximum atomic E-state index is 14.5. The predicted molar refractivity (Wildman–Crippen MR) is 245 cm³/mol. The number of halogens is 1. The highest BCUT2D eigenvalue weighted by atomic mass is 32.1. The van der Waals surface area contributed by atoms with Crippen LogP contribution in [0.2, 0.25) is 0 Å². The van der Waals surface area contributed by atoms with Crippen molar-refractivity contribution in [3.8, 4) is 39.1 Å². The van der Waals surface area contributed by atoms with Crippen LogP contribution in [0.4, 0.5) is 21.5 Å². The topological polar surface area (TPSA) is 8.17 Å². The quantitative estimate of drug-likeness (QED) is 0.157. The second-order valence-corrected chi connectivity index (χ2v) is 15.7. The van der Waals surface area contributed by atoms with E-state index in [1.807, 2.05) is 29.5 Å². The summed E-state index contributed by atoms with van der Waals surface area (Å²) in [7, 11) is 0. The molecule has 0 atom stereocenters. The van der Waals surface area contributed by atoms with E-state index in [1.54, 1.807) is 12.1 Å². The standard InChI is InChI=1S/C54H35FN2S/c55-40-27-34-52-49(35-40)46-14-5-8-19-51(46)57(52)50-18-7-4-13-44(50)38-23-30-42(31-24-38)56(41-28-21-37(22-29-41)36-11-2-1-3-12-36)43-32-25-39(26-33-43)45-16-10-17-48-47-15-6-9-20-53(47)58-54(45)48/h1-35H. The number of fused-ring (bicyclic) bond motifs is 6. The largest absolute Gasteiger partial charge is 0.311 e. The summed E-state index contributed by atoms with van der Waals surface area (Å²) in [5.74, 6) is -0.235. The minimum Gasteiger partial charge on any atom is -0.311 e. The van der Waals surface area contributed by atoms with Gasteiger partial charge in [0, 0.05) is 53.6 Å². The minimum absolute atomic E-state index is 0.235. The molecule has 2 nitrogen and oxygen atoms in total. The molecule has 0 spiro atoms. The first-order valence-electron chi connectivity index (χ1n) is 19.5. The van der Waals surface area contributed by atoms with Crippen molar-refractivity contribution in [1.29, 1.82) is 0 Å². The van der Waals surface area contributed by atoms with Crippen LogP contribution in [0.3, 0.4) is 0 Å². The molecule has 11 rings (SSSR count). The van der Waals surface area contributed by atoms with Gasteiger partial charge in [-0.15, -0.1) is 11.3 Å². The summed E-state index contributed by atoms with van der Waals surface area (Å²) in [5.41, 5.74) is 13.3. The fraction of sp³-hybridized carbons (Fsp3) is 0. The molecular formula is C54H35FN2S. The molecule has 0 aliphatic rings. The second kappa shape index (κ2) is 14.0. The molecule has 0 radical (unpaired) electrons. The Morgan fingerprint density at radius 2 is 0.914 bits per heavy atom. The van der Waals surface area contributed by atoms with Crippen LogP contribution in [0.5, 0.6) is 0 Å². The van der Waals surface area contributed by atoms with Crippen LogP contribution in [-0.4, -0.2) is 4.57 Å². The Morgan fingerprint density at radius 1 is 0.379 bits per heavy atom. The molecule has 0 unspecified atom stereocenters. The highest BCUT2D eigenvalue weighted by Gasteiger charge is 2.18. The summed E-state index contributed by atoms with van der Waals surface area (Å²) >= 11 is 1.86. The molecule has 9 aromatic carbocycles. The van der Waals surface area contributed by atoms with E-state index in [2.05, 4.69) is 191 Å². The van der Waals surface area contributed by atoms with E-state index in [0.717, 1.165) is 55.7 Å². The lowest BCUT2D eigenvalue weighted by Gasteiger charge is -2.26. The Morgan fingerprint density at radius 3 is 1.66 bits per heavy atom.